The molecule has 0 aliphatic carbocycles. The molecule has 0 saturated carbocycles. The highest BCUT2D eigenvalue weighted by Crippen LogP contribution is 2.16. The number of carbonyl (C=O) groups is 2. The van der Waals surface area contributed by atoms with Gasteiger partial charge < -0.3 is 8.92 Å². The lowest BCUT2D eigenvalue weighted by molar-refractivity contribution is 0.0600. The van der Waals surface area contributed by atoms with Crippen LogP contribution in [0.3, 0.4) is 0 Å². The van der Waals surface area contributed by atoms with Crippen molar-refractivity contribution in [2.75, 3.05) is 7.11 Å². The zero-order valence-electron chi connectivity index (χ0n) is 8.31. The van der Waals surface area contributed by atoms with Gasteiger partial charge in [0, 0.05) is 12.9 Å². The molecule has 0 radical (unpaired) electrons. The van der Waals surface area contributed by atoms with Crippen molar-refractivity contribution in [3.8, 4) is 0 Å². The number of esters is 1. The Bertz CT molecular complexity index is 366. The van der Waals surface area contributed by atoms with E-state index in [9.17, 15) is 9.59 Å². The minimum atomic E-state index is -0.596. The van der Waals surface area contributed by atoms with Crippen molar-refractivity contribution in [1.29, 1.82) is 0 Å². The summed E-state index contributed by atoms with van der Waals surface area (Å²) < 4.78 is 8.86. The Balaban J connectivity index is 3.23. The van der Waals surface area contributed by atoms with Gasteiger partial charge in [0.25, 0.3) is 0 Å². The molecule has 1 aromatic carbocycles. The molecule has 0 N–H and O–H groups in total. The van der Waals surface area contributed by atoms with Crippen molar-refractivity contribution in [2.45, 2.75) is 6.92 Å². The Morgan fingerprint density at radius 2 is 1.73 bits per heavy atom. The molecule has 5 heteroatoms. The van der Waals surface area contributed by atoms with E-state index >= 15 is 0 Å². The van der Waals surface area contributed by atoms with Gasteiger partial charge in [0.1, 0.15) is 0 Å². The maximum Gasteiger partial charge on any atom is 0.350 e. The Morgan fingerprint density at radius 1 is 1.20 bits per heavy atom. The first-order valence-corrected chi connectivity index (χ1v) is 4.52. The first kappa shape index (κ1) is 11.6. The number of methoxy groups -OCH3 is 1. The second-order valence-corrected chi connectivity index (χ2v) is 3.03. The topological polar surface area (TPSA) is 52.6 Å². The van der Waals surface area contributed by atoms with Crippen LogP contribution in [0.5, 0.6) is 0 Å². The summed E-state index contributed by atoms with van der Waals surface area (Å²) in [6.07, 6.45) is 0. The van der Waals surface area contributed by atoms with E-state index in [2.05, 4.69) is 21.8 Å². The molecular formula is C10H10O4S. The van der Waals surface area contributed by atoms with E-state index in [0.29, 0.717) is 16.7 Å². The van der Waals surface area contributed by atoms with Crippen molar-refractivity contribution in [3.05, 3.63) is 34.9 Å². The van der Waals surface area contributed by atoms with Crippen LogP contribution < -0.4 is 0 Å². The third-order valence-corrected chi connectivity index (χ3v) is 2.21. The van der Waals surface area contributed by atoms with E-state index in [0.717, 1.165) is 0 Å². The molecule has 0 unspecified atom stereocenters. The number of thiol groups is 1. The van der Waals surface area contributed by atoms with Gasteiger partial charge >= 0.3 is 11.9 Å². The number of carbonyl (C=O) groups excluding carboxylic acids is 2. The predicted octanol–water partition coefficient (Wildman–Crippen LogP) is 1.78. The Labute approximate surface area is 92.8 Å². The van der Waals surface area contributed by atoms with Gasteiger partial charge in [0.15, 0.2) is 0 Å². The minimum Gasteiger partial charge on any atom is -0.465 e. The highest BCUT2D eigenvalue weighted by atomic mass is 32.1. The standard InChI is InChI=1S/C10H10O4S/c1-6-7(9(11)13-2)4-3-5-8(6)10(12)14-15/h3-5,15H,1-2H3. The fourth-order valence-corrected chi connectivity index (χ4v) is 1.34. The molecule has 0 heterocycles. The second kappa shape index (κ2) is 4.84. The lowest BCUT2D eigenvalue weighted by atomic mass is 10.0. The van der Waals surface area contributed by atoms with Crippen molar-refractivity contribution >= 4 is 24.8 Å². The van der Waals surface area contributed by atoms with Crippen molar-refractivity contribution in [3.63, 3.8) is 0 Å². The normalized spacial score (nSPS) is 9.53. The second-order valence-electron chi connectivity index (χ2n) is 2.85. The first-order chi connectivity index (χ1) is 7.11. The molecule has 1 rings (SSSR count). The molecule has 0 atom stereocenters. The molecule has 1 aromatic rings. The lowest BCUT2D eigenvalue weighted by Crippen LogP contribution is -2.09. The van der Waals surface area contributed by atoms with Gasteiger partial charge in [0.2, 0.25) is 0 Å². The molecule has 0 saturated heterocycles. The summed E-state index contributed by atoms with van der Waals surface area (Å²) >= 11 is 3.42. The van der Waals surface area contributed by atoms with Crippen LogP contribution in [-0.4, -0.2) is 19.0 Å². The van der Waals surface area contributed by atoms with Crippen LogP contribution in [0.4, 0.5) is 0 Å². The van der Waals surface area contributed by atoms with Crippen LogP contribution in [0.2, 0.25) is 0 Å². The van der Waals surface area contributed by atoms with E-state index in [4.69, 9.17) is 0 Å². The maximum atomic E-state index is 11.3. The third-order valence-electron chi connectivity index (χ3n) is 2.04. The van der Waals surface area contributed by atoms with Crippen LogP contribution in [0.15, 0.2) is 18.2 Å². The van der Waals surface area contributed by atoms with Crippen molar-refractivity contribution in [2.24, 2.45) is 0 Å². The van der Waals surface area contributed by atoms with E-state index < -0.39 is 11.9 Å². The smallest absolute Gasteiger partial charge is 0.350 e. The van der Waals surface area contributed by atoms with Gasteiger partial charge in [-0.05, 0) is 24.6 Å². The fraction of sp³-hybridized carbons (Fsp3) is 0.200. The highest BCUT2D eigenvalue weighted by Gasteiger charge is 2.16. The van der Waals surface area contributed by atoms with Gasteiger partial charge in [-0.2, -0.15) is 0 Å². The Morgan fingerprint density at radius 3 is 2.20 bits per heavy atom. The Hall–Kier alpha value is -1.49. The van der Waals surface area contributed by atoms with Crippen LogP contribution in [-0.2, 0) is 8.92 Å². The summed E-state index contributed by atoms with van der Waals surface area (Å²) in [6, 6.07) is 4.72. The molecule has 0 amide bonds. The van der Waals surface area contributed by atoms with Crippen molar-refractivity contribution in [1.82, 2.24) is 0 Å². The third kappa shape index (κ3) is 2.30. The van der Waals surface area contributed by atoms with Gasteiger partial charge in [-0.25, -0.2) is 9.59 Å². The molecule has 0 aromatic heterocycles. The monoisotopic (exact) mass is 226 g/mol. The van der Waals surface area contributed by atoms with Gasteiger partial charge in [-0.1, -0.05) is 6.07 Å². The summed E-state index contributed by atoms with van der Waals surface area (Å²) in [5, 5.41) is 0. The lowest BCUT2D eigenvalue weighted by Gasteiger charge is -2.07. The summed E-state index contributed by atoms with van der Waals surface area (Å²) in [4.78, 5) is 22.6. The fourth-order valence-electron chi connectivity index (χ4n) is 1.24. The van der Waals surface area contributed by atoms with E-state index in [1.807, 2.05) is 0 Å². The maximum absolute atomic E-state index is 11.3. The van der Waals surface area contributed by atoms with E-state index in [1.54, 1.807) is 25.1 Å². The molecule has 0 aliphatic heterocycles. The first-order valence-electron chi connectivity index (χ1n) is 4.15. The van der Waals surface area contributed by atoms with Gasteiger partial charge in [-0.3, -0.25) is 0 Å². The molecule has 0 spiro atoms. The summed E-state index contributed by atoms with van der Waals surface area (Å²) in [7, 11) is 1.28. The molecule has 0 bridgehead atoms. The number of benzene rings is 1. The number of hydrogen-bond donors (Lipinski definition) is 1. The summed E-state index contributed by atoms with van der Waals surface area (Å²) in [5.41, 5.74) is 1.16. The molecule has 0 aliphatic rings. The SMILES string of the molecule is COC(=O)c1cccc(C(=O)OS)c1C. The van der Waals surface area contributed by atoms with Gasteiger partial charge in [0.05, 0.1) is 18.2 Å². The average Bonchev–Trinajstić information content (AvgIpc) is 2.27. The van der Waals surface area contributed by atoms with Crippen molar-refractivity contribution < 1.29 is 18.5 Å². The van der Waals surface area contributed by atoms with E-state index in [-0.39, 0.29) is 0 Å². The Kier molecular flexibility index (Phi) is 3.74. The highest BCUT2D eigenvalue weighted by molar-refractivity contribution is 7.75. The largest absolute Gasteiger partial charge is 0.465 e. The van der Waals surface area contributed by atoms with Gasteiger partial charge in [-0.15, -0.1) is 0 Å². The summed E-state index contributed by atoms with van der Waals surface area (Å²) in [5.74, 6) is -1.08. The zero-order valence-corrected chi connectivity index (χ0v) is 9.21. The molecule has 4 nitrogen and oxygen atoms in total. The number of rotatable bonds is 2. The molecular weight excluding hydrogens is 216 g/mol. The number of hydrogen-bond acceptors (Lipinski definition) is 5. The average molecular weight is 226 g/mol. The minimum absolute atomic E-state index is 0.299. The van der Waals surface area contributed by atoms with E-state index in [1.165, 1.54) is 7.11 Å². The molecule has 0 fully saturated rings. The number of ether oxygens (including phenoxy) is 1. The molecule has 80 valence electrons. The van der Waals surface area contributed by atoms with Crippen LogP contribution in [0.1, 0.15) is 26.3 Å². The van der Waals surface area contributed by atoms with Crippen LogP contribution in [0.25, 0.3) is 0 Å². The molecule has 15 heavy (non-hydrogen) atoms. The zero-order chi connectivity index (χ0) is 11.4. The predicted molar refractivity (Wildman–Crippen MR) is 56.9 cm³/mol. The quantitative estimate of drug-likeness (QED) is 0.474. The van der Waals surface area contributed by atoms with Crippen LogP contribution in [0, 0.1) is 6.92 Å². The van der Waals surface area contributed by atoms with Crippen LogP contribution >= 0.6 is 12.9 Å². The summed E-state index contributed by atoms with van der Waals surface area (Å²) in [6.45, 7) is 1.65.